The Bertz CT molecular complexity index is 1490. The summed E-state index contributed by atoms with van der Waals surface area (Å²) in [4.78, 5) is 14.1. The number of carbonyl (C=O) groups is 1. The molecule has 35 heavy (non-hydrogen) atoms. The van der Waals surface area contributed by atoms with Gasteiger partial charge in [0, 0.05) is 27.3 Å². The maximum atomic E-state index is 13.1. The van der Waals surface area contributed by atoms with Gasteiger partial charge in [0.1, 0.15) is 5.60 Å². The molecule has 5 aromatic rings. The lowest BCUT2D eigenvalue weighted by Gasteiger charge is -2.26. The maximum Gasteiger partial charge on any atom is 0.416 e. The molecule has 0 aliphatic heterocycles. The SMILES string of the molecule is CC(C)(OC(=O)c1cccc(-[s+]2c3ccccc3c3ccccc32)c1)c1ccc(C(F)(F)F)cc1. The molecule has 0 saturated heterocycles. The quantitative estimate of drug-likeness (QED) is 0.185. The summed E-state index contributed by atoms with van der Waals surface area (Å²) in [5, 5.41) is 2.39. The summed E-state index contributed by atoms with van der Waals surface area (Å²) in [6, 6.07) is 28.7. The Labute approximate surface area is 203 Å². The van der Waals surface area contributed by atoms with Crippen LogP contribution in [0.15, 0.2) is 97.1 Å². The van der Waals surface area contributed by atoms with E-state index < -0.39 is 23.3 Å². The second-order valence-electron chi connectivity index (χ2n) is 8.80. The molecule has 4 aromatic carbocycles. The number of fused-ring (bicyclic) bond motifs is 3. The van der Waals surface area contributed by atoms with Crippen LogP contribution in [0, 0.1) is 0 Å². The highest BCUT2D eigenvalue weighted by Crippen LogP contribution is 2.48. The van der Waals surface area contributed by atoms with Crippen molar-refractivity contribution in [2.24, 2.45) is 0 Å². The Kier molecular flexibility index (Phi) is 5.64. The number of hydrogen-bond donors (Lipinski definition) is 0. The Hall–Kier alpha value is -3.64. The fourth-order valence-corrected chi connectivity index (χ4v) is 6.70. The molecule has 0 radical (unpaired) electrons. The predicted molar refractivity (Wildman–Crippen MR) is 135 cm³/mol. The van der Waals surface area contributed by atoms with E-state index >= 15 is 0 Å². The summed E-state index contributed by atoms with van der Waals surface area (Å²) in [6.07, 6.45) is -4.42. The van der Waals surface area contributed by atoms with Crippen LogP contribution in [0.4, 0.5) is 13.2 Å². The number of rotatable bonds is 4. The van der Waals surface area contributed by atoms with Gasteiger partial charge < -0.3 is 4.74 Å². The number of esters is 1. The zero-order valence-corrected chi connectivity index (χ0v) is 19.9. The zero-order valence-electron chi connectivity index (χ0n) is 19.1. The Morgan fingerprint density at radius 1 is 0.714 bits per heavy atom. The molecular weight excluding hydrogens is 469 g/mol. The molecule has 2 nitrogen and oxygen atoms in total. The van der Waals surface area contributed by atoms with E-state index in [9.17, 15) is 18.0 Å². The fourth-order valence-electron chi connectivity index (χ4n) is 4.27. The third-order valence-electron chi connectivity index (χ3n) is 6.06. The van der Waals surface area contributed by atoms with Gasteiger partial charge in [-0.05, 0) is 67.9 Å². The van der Waals surface area contributed by atoms with Crippen molar-refractivity contribution < 1.29 is 22.7 Å². The number of hydrogen-bond acceptors (Lipinski definition) is 2. The molecule has 0 bridgehead atoms. The molecule has 0 amide bonds. The second kappa shape index (κ2) is 8.54. The lowest BCUT2D eigenvalue weighted by atomic mass is 9.96. The van der Waals surface area contributed by atoms with E-state index in [1.165, 1.54) is 32.3 Å². The number of alkyl halides is 3. The van der Waals surface area contributed by atoms with Gasteiger partial charge in [0.05, 0.1) is 11.1 Å². The van der Waals surface area contributed by atoms with Gasteiger partial charge in [-0.25, -0.2) is 4.79 Å². The lowest BCUT2D eigenvalue weighted by molar-refractivity contribution is -0.137. The molecule has 0 atom stereocenters. The van der Waals surface area contributed by atoms with Crippen LogP contribution in [0.3, 0.4) is 0 Å². The third kappa shape index (κ3) is 4.30. The van der Waals surface area contributed by atoms with Gasteiger partial charge in [0.25, 0.3) is 0 Å². The van der Waals surface area contributed by atoms with Gasteiger partial charge in [-0.1, -0.05) is 42.5 Å². The third-order valence-corrected chi connectivity index (χ3v) is 8.38. The predicted octanol–water partition coefficient (Wildman–Crippen LogP) is 8.84. The van der Waals surface area contributed by atoms with E-state index in [0.717, 1.165) is 17.0 Å². The smallest absolute Gasteiger partial charge is 0.416 e. The van der Waals surface area contributed by atoms with Crippen LogP contribution in [-0.2, 0) is 16.5 Å². The number of ether oxygens (including phenoxy) is 1. The van der Waals surface area contributed by atoms with Crippen molar-refractivity contribution in [1.82, 2.24) is 0 Å². The van der Waals surface area contributed by atoms with Crippen LogP contribution in [0.25, 0.3) is 25.1 Å². The minimum atomic E-state index is -4.42. The Morgan fingerprint density at radius 2 is 1.26 bits per heavy atom. The first-order valence-electron chi connectivity index (χ1n) is 11.1. The van der Waals surface area contributed by atoms with Crippen LogP contribution in [-0.4, -0.2) is 5.97 Å². The first kappa shape index (κ1) is 23.1. The van der Waals surface area contributed by atoms with Crippen LogP contribution < -0.4 is 0 Å². The van der Waals surface area contributed by atoms with Gasteiger partial charge in [-0.2, -0.15) is 13.2 Å². The molecule has 0 aliphatic rings. The molecule has 5 rings (SSSR count). The Balaban J connectivity index is 1.48. The van der Waals surface area contributed by atoms with Gasteiger partial charge in [0.15, 0.2) is 14.3 Å². The van der Waals surface area contributed by atoms with Crippen molar-refractivity contribution in [3.63, 3.8) is 0 Å². The summed E-state index contributed by atoms with van der Waals surface area (Å²) < 4.78 is 46.9. The molecule has 0 N–H and O–H groups in total. The number of halogens is 3. The van der Waals surface area contributed by atoms with Crippen molar-refractivity contribution >= 4 is 36.6 Å². The highest BCUT2D eigenvalue weighted by Gasteiger charge is 2.32. The average molecular weight is 492 g/mol. The van der Waals surface area contributed by atoms with E-state index in [1.54, 1.807) is 19.9 Å². The van der Waals surface area contributed by atoms with Gasteiger partial charge >= 0.3 is 12.1 Å². The summed E-state index contributed by atoms with van der Waals surface area (Å²) in [5.41, 5.74) is -0.965. The van der Waals surface area contributed by atoms with Gasteiger partial charge in [-0.15, -0.1) is 0 Å². The molecule has 0 unspecified atom stereocenters. The largest absolute Gasteiger partial charge is 0.451 e. The van der Waals surface area contributed by atoms with Crippen molar-refractivity contribution in [2.75, 3.05) is 0 Å². The van der Waals surface area contributed by atoms with Crippen molar-refractivity contribution in [1.29, 1.82) is 0 Å². The minimum absolute atomic E-state index is 0.352. The second-order valence-corrected chi connectivity index (χ2v) is 10.8. The highest BCUT2D eigenvalue weighted by molar-refractivity contribution is 7.50. The van der Waals surface area contributed by atoms with Gasteiger partial charge in [0.2, 0.25) is 0 Å². The van der Waals surface area contributed by atoms with Gasteiger partial charge in [-0.3, -0.25) is 0 Å². The Morgan fingerprint density at radius 3 is 1.83 bits per heavy atom. The zero-order chi connectivity index (χ0) is 24.8. The van der Waals surface area contributed by atoms with Crippen molar-refractivity contribution in [3.8, 4) is 4.90 Å². The molecule has 0 aliphatic carbocycles. The van der Waals surface area contributed by atoms with Crippen LogP contribution in [0.1, 0.15) is 35.3 Å². The lowest BCUT2D eigenvalue weighted by Crippen LogP contribution is -2.25. The van der Waals surface area contributed by atoms with E-state index in [2.05, 4.69) is 24.3 Å². The van der Waals surface area contributed by atoms with E-state index in [1.807, 2.05) is 42.5 Å². The molecule has 0 saturated carbocycles. The van der Waals surface area contributed by atoms with E-state index in [4.69, 9.17) is 4.74 Å². The number of benzene rings is 4. The first-order chi connectivity index (χ1) is 16.6. The number of thiophene rings is 1. The minimum Gasteiger partial charge on any atom is -0.451 e. The number of carbonyl (C=O) groups excluding carboxylic acids is 1. The van der Waals surface area contributed by atoms with Crippen LogP contribution in [0.5, 0.6) is 0 Å². The van der Waals surface area contributed by atoms with Crippen LogP contribution in [0.2, 0.25) is 0 Å². The molecular formula is C29H22F3O2S+. The standard InChI is InChI=1S/C29H22F3O2S/c1-28(2,20-14-16-21(17-15-20)29(30,31)32)34-27(33)19-8-7-9-22(18-19)35-25-12-5-3-10-23(25)24-11-4-6-13-26(24)35/h3-18H,1-2H3/q+1. The summed E-state index contributed by atoms with van der Waals surface area (Å²) in [6.45, 7) is 3.34. The highest BCUT2D eigenvalue weighted by atomic mass is 32.2. The van der Waals surface area contributed by atoms with Crippen LogP contribution >= 0.6 is 10.5 Å². The van der Waals surface area contributed by atoms with Crippen molar-refractivity contribution in [3.05, 3.63) is 114 Å². The normalized spacial score (nSPS) is 12.3. The topological polar surface area (TPSA) is 26.3 Å². The van der Waals surface area contributed by atoms with Crippen molar-refractivity contribution in [2.45, 2.75) is 25.6 Å². The maximum absolute atomic E-state index is 13.1. The summed E-state index contributed by atoms with van der Waals surface area (Å²) in [5.74, 6) is -0.527. The molecule has 1 aromatic heterocycles. The molecule has 1 heterocycles. The first-order valence-corrected chi connectivity index (χ1v) is 12.3. The molecule has 0 fully saturated rings. The monoisotopic (exact) mass is 491 g/mol. The summed E-state index contributed by atoms with van der Waals surface area (Å²) in [7, 11) is -0.352. The van der Waals surface area contributed by atoms with E-state index in [-0.39, 0.29) is 10.5 Å². The fraction of sp³-hybridized carbons (Fsp3) is 0.138. The molecule has 6 heteroatoms. The molecule has 0 spiro atoms. The molecule has 176 valence electrons. The average Bonchev–Trinajstić information content (AvgIpc) is 3.18. The van der Waals surface area contributed by atoms with E-state index in [0.29, 0.717) is 11.1 Å². The summed E-state index contributed by atoms with van der Waals surface area (Å²) >= 11 is 0.